The van der Waals surface area contributed by atoms with E-state index >= 15 is 0 Å². The summed E-state index contributed by atoms with van der Waals surface area (Å²) in [6.07, 6.45) is 19.7. The Kier molecular flexibility index (Phi) is 9.11. The van der Waals surface area contributed by atoms with Gasteiger partial charge in [-0.3, -0.25) is 0 Å². The first kappa shape index (κ1) is 21.7. The van der Waals surface area contributed by atoms with Gasteiger partial charge in [0.05, 0.1) is 0 Å². The van der Waals surface area contributed by atoms with Crippen molar-refractivity contribution in [1.82, 2.24) is 0 Å². The van der Waals surface area contributed by atoms with Gasteiger partial charge in [-0.25, -0.2) is 4.57 Å². The molecule has 0 bridgehead atoms. The van der Waals surface area contributed by atoms with Crippen LogP contribution in [0.1, 0.15) is 65.7 Å². The van der Waals surface area contributed by atoms with E-state index in [2.05, 4.69) is 68.6 Å². The van der Waals surface area contributed by atoms with Crippen molar-refractivity contribution in [2.75, 3.05) is 0 Å². The van der Waals surface area contributed by atoms with Crippen LogP contribution in [0.4, 0.5) is 0 Å². The summed E-state index contributed by atoms with van der Waals surface area (Å²) < 4.78 is 2.36. The smallest absolute Gasteiger partial charge is 0.176 e. The molecule has 0 N–H and O–H groups in total. The first-order valence-corrected chi connectivity index (χ1v) is 11.4. The van der Waals surface area contributed by atoms with E-state index in [1.54, 1.807) is 5.46 Å². The van der Waals surface area contributed by atoms with E-state index in [4.69, 9.17) is 0 Å². The van der Waals surface area contributed by atoms with Gasteiger partial charge >= 0.3 is 0 Å². The van der Waals surface area contributed by atoms with E-state index in [9.17, 15) is 0 Å². The van der Waals surface area contributed by atoms with E-state index in [1.165, 1.54) is 74.7 Å². The van der Waals surface area contributed by atoms with E-state index in [-0.39, 0.29) is 0 Å². The maximum absolute atomic E-state index is 3.97. The normalized spacial score (nSPS) is 11.8. The predicted molar refractivity (Wildman–Crippen MR) is 123 cm³/mol. The Morgan fingerprint density at radius 3 is 2.11 bits per heavy atom. The molecule has 1 heterocycles. The number of hydrogen-bond acceptors (Lipinski definition) is 0. The van der Waals surface area contributed by atoms with Gasteiger partial charge in [0.2, 0.25) is 0 Å². The molecule has 0 fully saturated rings. The van der Waals surface area contributed by atoms with Crippen LogP contribution in [0, 0.1) is 0 Å². The second kappa shape index (κ2) is 11.3. The fourth-order valence-corrected chi connectivity index (χ4v) is 4.95. The van der Waals surface area contributed by atoms with Crippen LogP contribution in [0.2, 0.25) is 19.0 Å². The lowest BCUT2D eigenvalue weighted by atomic mass is 9.16. The number of hydrogen-bond donors (Lipinski definition) is 0. The number of benzene rings is 1. The predicted octanol–water partition coefficient (Wildman–Crippen LogP) is 6.76. The molecule has 148 valence electrons. The highest BCUT2D eigenvalue weighted by atomic mass is 14.9. The summed E-state index contributed by atoms with van der Waals surface area (Å²) in [6.45, 7) is 11.9. The van der Waals surface area contributed by atoms with Gasteiger partial charge in [-0.15, -0.1) is 5.46 Å². The zero-order valence-corrected chi connectivity index (χ0v) is 18.1. The lowest BCUT2D eigenvalue weighted by molar-refractivity contribution is -0.684. The van der Waals surface area contributed by atoms with E-state index in [0.29, 0.717) is 0 Å². The highest BCUT2D eigenvalue weighted by Crippen LogP contribution is 2.30. The fourth-order valence-electron chi connectivity index (χ4n) is 4.95. The molecule has 1 aromatic heterocycles. The minimum atomic E-state index is -0.518. The number of aromatic nitrogens is 1. The fraction of sp³-hybridized carbons (Fsp3) is 0.560. The maximum Gasteiger partial charge on any atom is 0.176 e. The quantitative estimate of drug-likeness (QED) is 0.160. The van der Waals surface area contributed by atoms with E-state index < -0.39 is 6.15 Å². The molecule has 0 aliphatic heterocycles. The van der Waals surface area contributed by atoms with Crippen molar-refractivity contribution in [2.45, 2.75) is 91.2 Å². The second-order valence-corrected chi connectivity index (χ2v) is 8.54. The summed E-state index contributed by atoms with van der Waals surface area (Å²) in [6, 6.07) is 9.03. The van der Waals surface area contributed by atoms with Gasteiger partial charge in [-0.1, -0.05) is 90.5 Å². The van der Waals surface area contributed by atoms with Crippen LogP contribution in [0.5, 0.6) is 0 Å². The molecule has 0 unspecified atom stereocenters. The van der Waals surface area contributed by atoms with Crippen molar-refractivity contribution in [1.29, 1.82) is 0 Å². The molecule has 0 spiro atoms. The van der Waals surface area contributed by atoms with Crippen LogP contribution in [0.15, 0.2) is 49.3 Å². The van der Waals surface area contributed by atoms with Crippen LogP contribution in [-0.4, -0.2) is 6.15 Å². The third-order valence-electron chi connectivity index (χ3n) is 6.46. The highest BCUT2D eigenvalue weighted by Gasteiger charge is 2.28. The number of pyridine rings is 1. The second-order valence-electron chi connectivity index (χ2n) is 8.54. The zero-order valence-electron chi connectivity index (χ0n) is 18.1. The van der Waals surface area contributed by atoms with Crippen LogP contribution >= 0.6 is 0 Å². The zero-order chi connectivity index (χ0) is 19.5. The molecule has 0 saturated heterocycles. The average molecular weight is 365 g/mol. The van der Waals surface area contributed by atoms with Crippen molar-refractivity contribution in [3.8, 4) is 0 Å². The first-order valence-electron chi connectivity index (χ1n) is 11.4. The summed E-state index contributed by atoms with van der Waals surface area (Å²) in [5, 5.41) is 2.87. The summed E-state index contributed by atoms with van der Waals surface area (Å²) in [5.41, 5.74) is 1.65. The van der Waals surface area contributed by atoms with Crippen LogP contribution in [-0.2, 0) is 6.54 Å². The number of unbranched alkanes of at least 4 members (excludes halogenated alkanes) is 4. The SMILES string of the molecule is C=CC[n+]1cc([B-](CCCC)(CCCC)CCCCC)c2ccccc2c1. The van der Waals surface area contributed by atoms with Crippen LogP contribution in [0.25, 0.3) is 10.8 Å². The van der Waals surface area contributed by atoms with Gasteiger partial charge in [0.1, 0.15) is 6.20 Å². The molecule has 0 aliphatic carbocycles. The van der Waals surface area contributed by atoms with Gasteiger partial charge in [0.15, 0.2) is 12.7 Å². The Hall–Kier alpha value is -1.57. The Bertz CT molecular complexity index is 699. The van der Waals surface area contributed by atoms with Gasteiger partial charge in [-0.2, -0.15) is 19.0 Å². The van der Waals surface area contributed by atoms with Gasteiger partial charge in [-0.05, 0) is 17.5 Å². The molecule has 2 heteroatoms. The Morgan fingerprint density at radius 2 is 1.48 bits per heavy atom. The molecule has 27 heavy (non-hydrogen) atoms. The number of fused-ring (bicyclic) bond motifs is 1. The van der Waals surface area contributed by atoms with Crippen molar-refractivity contribution in [2.24, 2.45) is 0 Å². The Morgan fingerprint density at radius 1 is 0.852 bits per heavy atom. The van der Waals surface area contributed by atoms with E-state index in [0.717, 1.165) is 6.54 Å². The molecule has 2 aromatic rings. The standard InChI is InChI=1S/C25H40BN/c1-5-9-14-19-26(17-10-6-2,18-11-7-3)25-22-27(20-8-4)21-23-15-12-13-16-24(23)25/h8,12-13,15-16,21-22H,4-7,9-11,14,17-20H2,1-3H3. The third-order valence-corrected chi connectivity index (χ3v) is 6.46. The molecule has 0 amide bonds. The lowest BCUT2D eigenvalue weighted by Crippen LogP contribution is -2.52. The minimum Gasteiger partial charge on any atom is -0.204 e. The minimum absolute atomic E-state index is 0.518. The number of rotatable bonds is 13. The molecular weight excluding hydrogens is 325 g/mol. The molecule has 1 nitrogen and oxygen atoms in total. The van der Waals surface area contributed by atoms with Crippen LogP contribution in [0.3, 0.4) is 0 Å². The van der Waals surface area contributed by atoms with Crippen molar-refractivity contribution >= 4 is 22.4 Å². The van der Waals surface area contributed by atoms with Crippen molar-refractivity contribution in [3.05, 3.63) is 49.3 Å². The summed E-state index contributed by atoms with van der Waals surface area (Å²) in [5.74, 6) is 0. The lowest BCUT2D eigenvalue weighted by Gasteiger charge is -2.41. The topological polar surface area (TPSA) is 3.88 Å². The molecular formula is C25H40BN. The Balaban J connectivity index is 2.60. The summed E-state index contributed by atoms with van der Waals surface area (Å²) >= 11 is 0. The van der Waals surface area contributed by atoms with Gasteiger partial charge in [0, 0.05) is 11.5 Å². The third kappa shape index (κ3) is 5.70. The highest BCUT2D eigenvalue weighted by molar-refractivity contribution is 6.93. The molecule has 0 saturated carbocycles. The number of allylic oxidation sites excluding steroid dienone is 1. The molecule has 1 aromatic carbocycles. The number of nitrogens with zero attached hydrogens (tertiary/aromatic N) is 1. The molecule has 0 radical (unpaired) electrons. The monoisotopic (exact) mass is 365 g/mol. The van der Waals surface area contributed by atoms with Gasteiger partial charge in [0.25, 0.3) is 0 Å². The largest absolute Gasteiger partial charge is 0.204 e. The van der Waals surface area contributed by atoms with Crippen molar-refractivity contribution in [3.63, 3.8) is 0 Å². The van der Waals surface area contributed by atoms with Crippen molar-refractivity contribution < 1.29 is 4.57 Å². The molecule has 0 aliphatic rings. The summed E-state index contributed by atoms with van der Waals surface area (Å²) in [4.78, 5) is 0. The first-order chi connectivity index (χ1) is 13.2. The Labute approximate surface area is 167 Å². The molecule has 2 rings (SSSR count). The summed E-state index contributed by atoms with van der Waals surface area (Å²) in [7, 11) is 0. The molecule has 0 atom stereocenters. The maximum atomic E-state index is 3.97. The average Bonchev–Trinajstić information content (AvgIpc) is 2.69. The van der Waals surface area contributed by atoms with E-state index in [1.807, 2.05) is 6.08 Å². The van der Waals surface area contributed by atoms with Gasteiger partial charge < -0.3 is 0 Å². The van der Waals surface area contributed by atoms with Crippen LogP contribution < -0.4 is 10.0 Å².